The first-order valence-corrected chi connectivity index (χ1v) is 12.0. The van der Waals surface area contributed by atoms with Gasteiger partial charge >= 0.3 is 6.18 Å². The van der Waals surface area contributed by atoms with Crippen LogP contribution in [0.25, 0.3) is 0 Å². The molecule has 5 rings (SSSR count). The van der Waals surface area contributed by atoms with Crippen LogP contribution in [-0.4, -0.2) is 49.2 Å². The van der Waals surface area contributed by atoms with Gasteiger partial charge in [0.15, 0.2) is 5.69 Å². The predicted molar refractivity (Wildman–Crippen MR) is 120 cm³/mol. The normalized spacial score (nSPS) is 21.1. The van der Waals surface area contributed by atoms with Crippen molar-refractivity contribution >= 4 is 23.3 Å². The summed E-state index contributed by atoms with van der Waals surface area (Å²) in [4.78, 5) is 20.3. The fourth-order valence-corrected chi connectivity index (χ4v) is 5.55. The first kappa shape index (κ1) is 24.8. The molecule has 1 aromatic carbocycles. The van der Waals surface area contributed by atoms with Crippen molar-refractivity contribution in [1.82, 2.24) is 4.98 Å². The number of piperidine rings is 1. The smallest absolute Gasteiger partial charge is 0.396 e. The molecule has 1 aromatic heterocycles. The minimum atomic E-state index is -4.67. The summed E-state index contributed by atoms with van der Waals surface area (Å²) in [6, 6.07) is 3.92. The number of nitrogens with one attached hydrogen (secondary N) is 1. The second-order valence-electron chi connectivity index (χ2n) is 10.1. The second-order valence-corrected chi connectivity index (χ2v) is 10.1. The molecule has 196 valence electrons. The van der Waals surface area contributed by atoms with Crippen LogP contribution in [-0.2, 0) is 6.42 Å². The van der Waals surface area contributed by atoms with Gasteiger partial charge in [-0.15, -0.1) is 0 Å². The molecule has 0 radical (unpaired) electrons. The van der Waals surface area contributed by atoms with Crippen molar-refractivity contribution in [3.8, 4) is 0 Å². The molecule has 1 amide bonds. The Balaban J connectivity index is 1.34. The highest BCUT2D eigenvalue weighted by atomic mass is 19.4. The topological polar surface area (TPSA) is 61.6 Å². The first-order valence-electron chi connectivity index (χ1n) is 12.0. The van der Waals surface area contributed by atoms with E-state index in [9.17, 15) is 31.1 Å². The Bertz CT molecular complexity index is 1130. The molecule has 1 aliphatic carbocycles. The SMILES string of the molecule is O=C(Nc1ccc(N2CCCCC2)c(F)c1)c1nc(N2CCC3(C2)CC(F)(F)C3)oc1CC(F)(F)F. The van der Waals surface area contributed by atoms with Gasteiger partial charge in [-0.05, 0) is 43.9 Å². The minimum absolute atomic E-state index is 0.0672. The summed E-state index contributed by atoms with van der Waals surface area (Å²) in [6.45, 7) is 1.90. The summed E-state index contributed by atoms with van der Waals surface area (Å²) in [5.74, 6) is -4.94. The third-order valence-electron chi connectivity index (χ3n) is 7.14. The highest BCUT2D eigenvalue weighted by Gasteiger charge is 2.59. The third-order valence-corrected chi connectivity index (χ3v) is 7.14. The van der Waals surface area contributed by atoms with E-state index in [1.165, 1.54) is 17.0 Å². The summed E-state index contributed by atoms with van der Waals surface area (Å²) in [6.07, 6.45) is -3.36. The molecular weight excluding hydrogens is 490 g/mol. The molecule has 2 aliphatic heterocycles. The molecular formula is C24H26F6N4O2. The molecule has 0 bridgehead atoms. The van der Waals surface area contributed by atoms with Crippen LogP contribution in [0.5, 0.6) is 0 Å². The zero-order valence-corrected chi connectivity index (χ0v) is 19.4. The molecule has 0 atom stereocenters. The highest BCUT2D eigenvalue weighted by molar-refractivity contribution is 6.03. The maximum atomic E-state index is 14.7. The molecule has 12 heteroatoms. The number of oxazole rings is 1. The van der Waals surface area contributed by atoms with Crippen LogP contribution < -0.4 is 15.1 Å². The van der Waals surface area contributed by atoms with E-state index in [4.69, 9.17) is 4.42 Å². The van der Waals surface area contributed by atoms with E-state index in [1.54, 1.807) is 0 Å². The van der Waals surface area contributed by atoms with Crippen LogP contribution >= 0.6 is 0 Å². The van der Waals surface area contributed by atoms with E-state index < -0.39 is 47.1 Å². The van der Waals surface area contributed by atoms with Gasteiger partial charge in [0.05, 0.1) is 5.69 Å². The van der Waals surface area contributed by atoms with Crippen LogP contribution in [0.15, 0.2) is 22.6 Å². The van der Waals surface area contributed by atoms with E-state index in [0.717, 1.165) is 38.4 Å². The number of anilines is 3. The van der Waals surface area contributed by atoms with Gasteiger partial charge in [0.25, 0.3) is 11.9 Å². The second kappa shape index (κ2) is 8.88. The monoisotopic (exact) mass is 516 g/mol. The van der Waals surface area contributed by atoms with E-state index in [2.05, 4.69) is 10.3 Å². The summed E-state index contributed by atoms with van der Waals surface area (Å²) in [7, 11) is 0. The highest BCUT2D eigenvalue weighted by Crippen LogP contribution is 2.57. The number of alkyl halides is 5. The number of amides is 1. The molecule has 3 aliphatic rings. The van der Waals surface area contributed by atoms with Gasteiger partial charge in [0, 0.05) is 50.1 Å². The van der Waals surface area contributed by atoms with E-state index in [1.807, 2.05) is 4.90 Å². The summed E-state index contributed by atoms with van der Waals surface area (Å²) in [5.41, 5.74) is -0.725. The van der Waals surface area contributed by atoms with Gasteiger partial charge in [-0.1, -0.05) is 0 Å². The Morgan fingerprint density at radius 3 is 2.44 bits per heavy atom. The number of halogens is 6. The van der Waals surface area contributed by atoms with Crippen LogP contribution in [0, 0.1) is 11.2 Å². The first-order chi connectivity index (χ1) is 16.9. The van der Waals surface area contributed by atoms with Crippen LogP contribution in [0.3, 0.4) is 0 Å². The Hall–Kier alpha value is -2.92. The van der Waals surface area contributed by atoms with Crippen molar-refractivity contribution in [3.05, 3.63) is 35.5 Å². The van der Waals surface area contributed by atoms with Gasteiger partial charge in [0.1, 0.15) is 18.0 Å². The minimum Gasteiger partial charge on any atom is -0.427 e. The Morgan fingerprint density at radius 2 is 1.81 bits per heavy atom. The van der Waals surface area contributed by atoms with Crippen molar-refractivity contribution in [2.45, 2.75) is 57.0 Å². The van der Waals surface area contributed by atoms with Gasteiger partial charge in [0.2, 0.25) is 5.92 Å². The number of hydrogen-bond acceptors (Lipinski definition) is 5. The molecule has 3 heterocycles. The lowest BCUT2D eigenvalue weighted by atomic mass is 9.65. The van der Waals surface area contributed by atoms with Crippen LogP contribution in [0.1, 0.15) is 54.8 Å². The fraction of sp³-hybridized carbons (Fsp3) is 0.583. The average Bonchev–Trinajstić information content (AvgIpc) is 3.37. The van der Waals surface area contributed by atoms with Crippen LogP contribution in [0.4, 0.5) is 43.7 Å². The summed E-state index contributed by atoms with van der Waals surface area (Å²) >= 11 is 0. The lowest BCUT2D eigenvalue weighted by Gasteiger charge is -2.44. The van der Waals surface area contributed by atoms with Crippen LogP contribution in [0.2, 0.25) is 0 Å². The molecule has 0 unspecified atom stereocenters. The number of carbonyl (C=O) groups is 1. The molecule has 36 heavy (non-hydrogen) atoms. The molecule has 1 N–H and O–H groups in total. The fourth-order valence-electron chi connectivity index (χ4n) is 5.55. The Kier molecular flexibility index (Phi) is 6.11. The number of carbonyl (C=O) groups excluding carboxylic acids is 1. The standard InChI is InChI=1S/C24H26F6N4O2/c25-16-10-15(4-5-17(16)33-7-2-1-3-8-33)31-20(35)19-18(11-24(28,29)30)36-21(32-19)34-9-6-22(14-34)12-23(26,27)13-22/h4-5,10H,1-3,6-9,11-14H2,(H,31,35). The number of benzene rings is 1. The molecule has 1 spiro atoms. The summed E-state index contributed by atoms with van der Waals surface area (Å²) in [5, 5.41) is 2.40. The zero-order chi connectivity index (χ0) is 25.7. The number of aromatic nitrogens is 1. The third kappa shape index (κ3) is 5.12. The van der Waals surface area contributed by atoms with Crippen molar-refractivity contribution in [3.63, 3.8) is 0 Å². The molecule has 3 fully saturated rings. The number of nitrogens with zero attached hydrogens (tertiary/aromatic N) is 3. The van der Waals surface area contributed by atoms with Gasteiger partial charge in [-0.3, -0.25) is 4.79 Å². The van der Waals surface area contributed by atoms with E-state index in [-0.39, 0.29) is 37.6 Å². The average molecular weight is 516 g/mol. The predicted octanol–water partition coefficient (Wildman–Crippen LogP) is 5.79. The van der Waals surface area contributed by atoms with Crippen molar-refractivity contribution in [2.75, 3.05) is 41.3 Å². The van der Waals surface area contributed by atoms with Crippen molar-refractivity contribution in [2.24, 2.45) is 5.41 Å². The number of hydrogen-bond donors (Lipinski definition) is 1. The number of rotatable bonds is 5. The van der Waals surface area contributed by atoms with Gasteiger partial charge in [-0.25, -0.2) is 13.2 Å². The Morgan fingerprint density at radius 1 is 1.08 bits per heavy atom. The van der Waals surface area contributed by atoms with Gasteiger partial charge < -0.3 is 19.5 Å². The van der Waals surface area contributed by atoms with Crippen molar-refractivity contribution < 1.29 is 35.6 Å². The molecule has 2 aromatic rings. The molecule has 2 saturated heterocycles. The Labute approximate surface area is 203 Å². The van der Waals surface area contributed by atoms with E-state index >= 15 is 0 Å². The lowest BCUT2D eigenvalue weighted by Crippen LogP contribution is -2.47. The van der Waals surface area contributed by atoms with E-state index in [0.29, 0.717) is 12.1 Å². The quantitative estimate of drug-likeness (QED) is 0.510. The maximum absolute atomic E-state index is 14.7. The zero-order valence-electron chi connectivity index (χ0n) is 19.4. The van der Waals surface area contributed by atoms with Crippen molar-refractivity contribution in [1.29, 1.82) is 0 Å². The lowest BCUT2D eigenvalue weighted by molar-refractivity contribution is -0.152. The maximum Gasteiger partial charge on any atom is 0.396 e. The molecule has 1 saturated carbocycles. The summed E-state index contributed by atoms with van der Waals surface area (Å²) < 4.78 is 86.4. The van der Waals surface area contributed by atoms with Gasteiger partial charge in [-0.2, -0.15) is 18.2 Å². The largest absolute Gasteiger partial charge is 0.427 e. The molecule has 6 nitrogen and oxygen atoms in total.